The summed E-state index contributed by atoms with van der Waals surface area (Å²) >= 11 is 1.40. The lowest BCUT2D eigenvalue weighted by Crippen LogP contribution is -2.32. The van der Waals surface area contributed by atoms with Gasteiger partial charge in [-0.15, -0.1) is 11.3 Å². The van der Waals surface area contributed by atoms with Crippen molar-refractivity contribution in [3.8, 4) is 16.9 Å². The van der Waals surface area contributed by atoms with Gasteiger partial charge in [-0.25, -0.2) is 8.78 Å². The van der Waals surface area contributed by atoms with Crippen LogP contribution >= 0.6 is 11.3 Å². The Labute approximate surface area is 195 Å². The van der Waals surface area contributed by atoms with Gasteiger partial charge >= 0.3 is 0 Å². The predicted molar refractivity (Wildman–Crippen MR) is 128 cm³/mol. The summed E-state index contributed by atoms with van der Waals surface area (Å²) in [5.74, 6) is -0.979. The molecule has 0 saturated heterocycles. The second-order valence-corrected chi connectivity index (χ2v) is 9.53. The van der Waals surface area contributed by atoms with E-state index in [4.69, 9.17) is 4.74 Å². The van der Waals surface area contributed by atoms with Gasteiger partial charge in [0.05, 0.1) is 17.5 Å². The highest BCUT2D eigenvalue weighted by atomic mass is 32.1. The molecule has 33 heavy (non-hydrogen) atoms. The summed E-state index contributed by atoms with van der Waals surface area (Å²) in [6, 6.07) is 17.3. The van der Waals surface area contributed by atoms with E-state index in [-0.39, 0.29) is 17.9 Å². The van der Waals surface area contributed by atoms with Gasteiger partial charge in [-0.2, -0.15) is 0 Å². The van der Waals surface area contributed by atoms with Crippen LogP contribution in [0.1, 0.15) is 53.0 Å². The van der Waals surface area contributed by atoms with Crippen molar-refractivity contribution in [2.45, 2.75) is 32.2 Å². The monoisotopic (exact) mass is 463 g/mol. The molecule has 3 aromatic carbocycles. The third-order valence-corrected chi connectivity index (χ3v) is 7.29. The van der Waals surface area contributed by atoms with E-state index in [1.165, 1.54) is 17.4 Å². The highest BCUT2D eigenvalue weighted by Gasteiger charge is 2.27. The van der Waals surface area contributed by atoms with E-state index in [1.54, 1.807) is 6.07 Å². The molecule has 4 aromatic rings. The highest BCUT2D eigenvalue weighted by Crippen LogP contribution is 2.42. The van der Waals surface area contributed by atoms with Gasteiger partial charge in [0.25, 0.3) is 5.91 Å². The first kappa shape index (κ1) is 21.6. The normalized spacial score (nSPS) is 15.4. The standard InChI is InChI=1S/C27H23F2NO2S/c1-15(2)24-19-8-5-7-17(16-10-11-20(28)21(29)14-16)25(19)33-26(24)27(31)30-22-12-13-32-23-9-4-3-6-18(22)23/h3-11,14-15,22H,12-13H2,1-2H3,(H,30,31)/t22-/m0/s1. The van der Waals surface area contributed by atoms with E-state index in [9.17, 15) is 13.6 Å². The first-order valence-corrected chi connectivity index (χ1v) is 11.8. The number of carbonyl (C=O) groups excluding carboxylic acids is 1. The quantitative estimate of drug-likeness (QED) is 0.347. The van der Waals surface area contributed by atoms with E-state index in [1.807, 2.05) is 42.5 Å². The Morgan fingerprint density at radius 1 is 1.06 bits per heavy atom. The summed E-state index contributed by atoms with van der Waals surface area (Å²) in [5, 5.41) is 4.17. The Hall–Kier alpha value is -3.25. The minimum atomic E-state index is -0.888. The van der Waals surface area contributed by atoms with E-state index >= 15 is 0 Å². The summed E-state index contributed by atoms with van der Waals surface area (Å²) in [6.07, 6.45) is 0.699. The topological polar surface area (TPSA) is 38.3 Å². The van der Waals surface area contributed by atoms with Gasteiger partial charge in [-0.05, 0) is 46.2 Å². The van der Waals surface area contributed by atoms with Crippen LogP contribution in [0.3, 0.4) is 0 Å². The molecule has 0 aliphatic carbocycles. The van der Waals surface area contributed by atoms with Crippen LogP contribution in [0.15, 0.2) is 60.7 Å². The van der Waals surface area contributed by atoms with E-state index in [2.05, 4.69) is 19.2 Å². The molecule has 1 amide bonds. The molecular weight excluding hydrogens is 440 g/mol. The molecule has 0 bridgehead atoms. The lowest BCUT2D eigenvalue weighted by Gasteiger charge is -2.26. The van der Waals surface area contributed by atoms with Crippen LogP contribution in [0.2, 0.25) is 0 Å². The highest BCUT2D eigenvalue weighted by molar-refractivity contribution is 7.21. The van der Waals surface area contributed by atoms with Crippen LogP contribution in [-0.4, -0.2) is 12.5 Å². The van der Waals surface area contributed by atoms with Gasteiger partial charge in [0.15, 0.2) is 11.6 Å². The number of ether oxygens (including phenoxy) is 1. The first-order valence-electron chi connectivity index (χ1n) is 11.0. The van der Waals surface area contributed by atoms with Crippen LogP contribution in [0.5, 0.6) is 5.75 Å². The van der Waals surface area contributed by atoms with Crippen LogP contribution in [0, 0.1) is 11.6 Å². The molecule has 1 N–H and O–H groups in total. The largest absolute Gasteiger partial charge is 0.493 e. The van der Waals surface area contributed by atoms with Crippen LogP contribution in [0.25, 0.3) is 21.2 Å². The maximum Gasteiger partial charge on any atom is 0.262 e. The maximum absolute atomic E-state index is 13.9. The molecule has 1 atom stereocenters. The Kier molecular flexibility index (Phi) is 5.62. The number of hydrogen-bond donors (Lipinski definition) is 1. The van der Waals surface area contributed by atoms with Gasteiger partial charge in [0.2, 0.25) is 0 Å². The van der Waals surface area contributed by atoms with Crippen molar-refractivity contribution in [3.05, 3.63) is 88.3 Å². The number of amides is 1. The van der Waals surface area contributed by atoms with Gasteiger partial charge in [0.1, 0.15) is 5.75 Å². The Balaban J connectivity index is 1.58. The van der Waals surface area contributed by atoms with Crippen molar-refractivity contribution in [3.63, 3.8) is 0 Å². The molecule has 1 aromatic heterocycles. The summed E-state index contributed by atoms with van der Waals surface area (Å²) in [6.45, 7) is 4.67. The van der Waals surface area contributed by atoms with Crippen LogP contribution in [-0.2, 0) is 0 Å². The lowest BCUT2D eigenvalue weighted by atomic mass is 9.95. The van der Waals surface area contributed by atoms with Gasteiger partial charge < -0.3 is 10.1 Å². The zero-order valence-electron chi connectivity index (χ0n) is 18.3. The number of halogens is 2. The summed E-state index contributed by atoms with van der Waals surface area (Å²) in [4.78, 5) is 14.2. The third-order valence-electron chi connectivity index (χ3n) is 6.03. The molecule has 0 radical (unpaired) electrons. The number of nitrogens with one attached hydrogen (secondary N) is 1. The molecule has 0 fully saturated rings. The molecule has 0 spiro atoms. The van der Waals surface area contributed by atoms with Crippen molar-refractivity contribution >= 4 is 27.3 Å². The van der Waals surface area contributed by atoms with Crippen molar-refractivity contribution < 1.29 is 18.3 Å². The molecular formula is C27H23F2NO2S. The average Bonchev–Trinajstić information content (AvgIpc) is 3.21. The fourth-order valence-electron chi connectivity index (χ4n) is 4.49. The van der Waals surface area contributed by atoms with Crippen LogP contribution < -0.4 is 10.1 Å². The number of para-hydroxylation sites is 1. The van der Waals surface area contributed by atoms with E-state index in [0.717, 1.165) is 38.6 Å². The molecule has 0 unspecified atom stereocenters. The van der Waals surface area contributed by atoms with Crippen LogP contribution in [0.4, 0.5) is 8.78 Å². The number of rotatable bonds is 4. The average molecular weight is 464 g/mol. The van der Waals surface area contributed by atoms with Gasteiger partial charge in [0, 0.05) is 16.7 Å². The minimum absolute atomic E-state index is 0.113. The van der Waals surface area contributed by atoms with Gasteiger partial charge in [-0.1, -0.05) is 56.3 Å². The molecule has 6 heteroatoms. The zero-order valence-corrected chi connectivity index (χ0v) is 19.1. The predicted octanol–water partition coefficient (Wildman–Crippen LogP) is 7.22. The second kappa shape index (κ2) is 8.60. The van der Waals surface area contributed by atoms with Crippen molar-refractivity contribution in [1.82, 2.24) is 5.32 Å². The molecule has 2 heterocycles. The first-order chi connectivity index (χ1) is 15.9. The lowest BCUT2D eigenvalue weighted by molar-refractivity contribution is 0.0928. The fourth-order valence-corrected chi connectivity index (χ4v) is 5.88. The number of hydrogen-bond acceptors (Lipinski definition) is 3. The molecule has 1 aliphatic rings. The van der Waals surface area contributed by atoms with E-state index in [0.29, 0.717) is 23.5 Å². The minimum Gasteiger partial charge on any atom is -0.493 e. The Bertz CT molecular complexity index is 1360. The van der Waals surface area contributed by atoms with E-state index < -0.39 is 11.6 Å². The zero-order chi connectivity index (χ0) is 23.1. The van der Waals surface area contributed by atoms with Gasteiger partial charge in [-0.3, -0.25) is 4.79 Å². The number of carbonyl (C=O) groups is 1. The summed E-state index contributed by atoms with van der Waals surface area (Å²) in [5.41, 5.74) is 3.32. The van der Waals surface area contributed by atoms with Crippen molar-refractivity contribution in [2.24, 2.45) is 0 Å². The molecule has 5 rings (SSSR count). The Morgan fingerprint density at radius 2 is 1.88 bits per heavy atom. The second-order valence-electron chi connectivity index (χ2n) is 8.51. The SMILES string of the molecule is CC(C)c1c(C(=O)N[C@H]2CCOc3ccccc32)sc2c(-c3ccc(F)c(F)c3)cccc12. The number of benzene rings is 3. The molecule has 168 valence electrons. The maximum atomic E-state index is 13.9. The van der Waals surface area contributed by atoms with Crippen molar-refractivity contribution in [2.75, 3.05) is 6.61 Å². The third kappa shape index (κ3) is 3.89. The Morgan fingerprint density at radius 3 is 2.67 bits per heavy atom. The number of thiophene rings is 1. The fraction of sp³-hybridized carbons (Fsp3) is 0.222. The molecule has 0 saturated carbocycles. The molecule has 1 aliphatic heterocycles. The summed E-state index contributed by atoms with van der Waals surface area (Å²) < 4.78 is 34.1. The smallest absolute Gasteiger partial charge is 0.262 e. The molecule has 3 nitrogen and oxygen atoms in total. The summed E-state index contributed by atoms with van der Waals surface area (Å²) in [7, 11) is 0. The number of fused-ring (bicyclic) bond motifs is 2. The van der Waals surface area contributed by atoms with Crippen molar-refractivity contribution in [1.29, 1.82) is 0 Å².